The van der Waals surface area contributed by atoms with E-state index in [4.69, 9.17) is 11.6 Å². The van der Waals surface area contributed by atoms with Crippen molar-refractivity contribution in [1.29, 1.82) is 0 Å². The molecular formula is C16H15ClN4O2S2. The van der Waals surface area contributed by atoms with Gasteiger partial charge in [-0.15, -0.1) is 21.5 Å². The predicted molar refractivity (Wildman–Crippen MR) is 101 cm³/mol. The lowest BCUT2D eigenvalue weighted by atomic mass is 10.1. The van der Waals surface area contributed by atoms with Crippen LogP contribution in [0, 0.1) is 13.8 Å². The Morgan fingerprint density at radius 3 is 2.36 bits per heavy atom. The molecule has 2 heterocycles. The van der Waals surface area contributed by atoms with Crippen molar-refractivity contribution in [3.05, 3.63) is 57.9 Å². The number of sulfonamides is 1. The maximum absolute atomic E-state index is 12.2. The topological polar surface area (TPSA) is 84.0 Å². The van der Waals surface area contributed by atoms with Gasteiger partial charge in [0.2, 0.25) is 0 Å². The Morgan fingerprint density at radius 2 is 1.72 bits per heavy atom. The molecule has 0 saturated carbocycles. The van der Waals surface area contributed by atoms with Gasteiger partial charge >= 0.3 is 0 Å². The molecule has 0 spiro atoms. The van der Waals surface area contributed by atoms with Crippen LogP contribution in [0.25, 0.3) is 0 Å². The predicted octanol–water partition coefficient (Wildman–Crippen LogP) is 4.35. The van der Waals surface area contributed by atoms with Crippen molar-refractivity contribution < 1.29 is 8.42 Å². The SMILES string of the molecule is Cc1ccc(C)c(Nc2ccc(NS(=O)(=O)c3ccc(Cl)s3)nn2)c1. The summed E-state index contributed by atoms with van der Waals surface area (Å²) in [6.45, 7) is 3.99. The summed E-state index contributed by atoms with van der Waals surface area (Å²) in [4.78, 5) is 0. The molecule has 0 amide bonds. The molecule has 0 aliphatic heterocycles. The number of rotatable bonds is 5. The molecule has 0 bridgehead atoms. The maximum atomic E-state index is 12.2. The highest BCUT2D eigenvalue weighted by Gasteiger charge is 2.17. The maximum Gasteiger partial charge on any atom is 0.272 e. The zero-order valence-electron chi connectivity index (χ0n) is 13.4. The second-order valence-electron chi connectivity index (χ2n) is 5.41. The molecule has 0 radical (unpaired) electrons. The summed E-state index contributed by atoms with van der Waals surface area (Å²) in [5.74, 6) is 0.659. The summed E-state index contributed by atoms with van der Waals surface area (Å²) in [5.41, 5.74) is 3.13. The molecule has 6 nitrogen and oxygen atoms in total. The Kier molecular flexibility index (Phi) is 4.94. The van der Waals surface area contributed by atoms with E-state index in [2.05, 4.69) is 20.2 Å². The van der Waals surface area contributed by atoms with E-state index in [1.165, 1.54) is 12.1 Å². The van der Waals surface area contributed by atoms with Gasteiger partial charge < -0.3 is 5.32 Å². The molecule has 9 heteroatoms. The highest BCUT2D eigenvalue weighted by molar-refractivity contribution is 7.94. The van der Waals surface area contributed by atoms with Gasteiger partial charge in [-0.25, -0.2) is 8.42 Å². The number of benzene rings is 1. The number of aromatic nitrogens is 2. The fourth-order valence-corrected chi connectivity index (χ4v) is 4.57. The lowest BCUT2D eigenvalue weighted by Crippen LogP contribution is -2.13. The molecule has 130 valence electrons. The van der Waals surface area contributed by atoms with Crippen molar-refractivity contribution in [3.63, 3.8) is 0 Å². The third kappa shape index (κ3) is 4.28. The van der Waals surface area contributed by atoms with Crippen molar-refractivity contribution in [2.75, 3.05) is 10.0 Å². The van der Waals surface area contributed by atoms with Crippen LogP contribution in [0.1, 0.15) is 11.1 Å². The molecule has 0 atom stereocenters. The largest absolute Gasteiger partial charge is 0.339 e. The van der Waals surface area contributed by atoms with Crippen LogP contribution >= 0.6 is 22.9 Å². The van der Waals surface area contributed by atoms with Crippen LogP contribution in [0.3, 0.4) is 0 Å². The first kappa shape index (κ1) is 17.7. The minimum Gasteiger partial charge on any atom is -0.339 e. The van der Waals surface area contributed by atoms with Crippen LogP contribution in [0.5, 0.6) is 0 Å². The Hall–Kier alpha value is -2.16. The van der Waals surface area contributed by atoms with Crippen molar-refractivity contribution in [3.8, 4) is 0 Å². The molecule has 0 fully saturated rings. The Morgan fingerprint density at radius 1 is 1.00 bits per heavy atom. The molecule has 1 aromatic carbocycles. The smallest absolute Gasteiger partial charge is 0.272 e. The Bertz CT molecular complexity index is 1000. The lowest BCUT2D eigenvalue weighted by Gasteiger charge is -2.10. The monoisotopic (exact) mass is 394 g/mol. The van der Waals surface area contributed by atoms with Gasteiger partial charge in [-0.2, -0.15) is 0 Å². The molecule has 0 saturated heterocycles. The van der Waals surface area contributed by atoms with E-state index in [-0.39, 0.29) is 10.0 Å². The van der Waals surface area contributed by atoms with Crippen LogP contribution < -0.4 is 10.0 Å². The van der Waals surface area contributed by atoms with Gasteiger partial charge in [0.25, 0.3) is 10.0 Å². The zero-order chi connectivity index (χ0) is 18.0. The van der Waals surface area contributed by atoms with E-state index < -0.39 is 10.0 Å². The molecule has 3 aromatic rings. The lowest BCUT2D eigenvalue weighted by molar-refractivity contribution is 0.603. The average Bonchev–Trinajstić information content (AvgIpc) is 3.00. The van der Waals surface area contributed by atoms with Gasteiger partial charge in [0.15, 0.2) is 11.6 Å². The number of nitrogens with zero attached hydrogens (tertiary/aromatic N) is 2. The summed E-state index contributed by atoms with van der Waals surface area (Å²) in [5, 5.41) is 11.1. The Labute approximate surface area is 154 Å². The first-order valence-electron chi connectivity index (χ1n) is 7.30. The van der Waals surface area contributed by atoms with Gasteiger partial charge in [-0.1, -0.05) is 23.7 Å². The quantitative estimate of drug-likeness (QED) is 0.671. The van der Waals surface area contributed by atoms with Gasteiger partial charge in [0, 0.05) is 5.69 Å². The van der Waals surface area contributed by atoms with Gasteiger partial charge in [0.05, 0.1) is 4.34 Å². The number of hydrogen-bond donors (Lipinski definition) is 2. The van der Waals surface area contributed by atoms with E-state index in [1.54, 1.807) is 12.1 Å². The van der Waals surface area contributed by atoms with Crippen LogP contribution in [-0.4, -0.2) is 18.6 Å². The molecule has 0 unspecified atom stereocenters. The number of anilines is 3. The normalized spacial score (nSPS) is 11.3. The third-order valence-corrected chi connectivity index (χ3v) is 6.45. The summed E-state index contributed by atoms with van der Waals surface area (Å²) in [7, 11) is -3.72. The summed E-state index contributed by atoms with van der Waals surface area (Å²) in [6, 6.07) is 12.2. The van der Waals surface area contributed by atoms with Crippen molar-refractivity contribution in [1.82, 2.24) is 10.2 Å². The van der Waals surface area contributed by atoms with E-state index in [0.717, 1.165) is 28.2 Å². The highest BCUT2D eigenvalue weighted by atomic mass is 35.5. The van der Waals surface area contributed by atoms with Crippen LogP contribution in [0.4, 0.5) is 17.3 Å². The number of halogens is 1. The van der Waals surface area contributed by atoms with Crippen LogP contribution in [0.2, 0.25) is 4.34 Å². The first-order chi connectivity index (χ1) is 11.8. The highest BCUT2D eigenvalue weighted by Crippen LogP contribution is 2.27. The second kappa shape index (κ2) is 6.99. The summed E-state index contributed by atoms with van der Waals surface area (Å²) in [6.07, 6.45) is 0. The molecule has 2 N–H and O–H groups in total. The van der Waals surface area contributed by atoms with Crippen molar-refractivity contribution in [2.24, 2.45) is 0 Å². The van der Waals surface area contributed by atoms with E-state index >= 15 is 0 Å². The van der Waals surface area contributed by atoms with Gasteiger partial charge in [0.1, 0.15) is 4.21 Å². The molecule has 3 rings (SSSR count). The third-order valence-electron chi connectivity index (χ3n) is 3.37. The fraction of sp³-hybridized carbons (Fsp3) is 0.125. The standard InChI is InChI=1S/C16H15ClN4O2S2/c1-10-3-4-11(2)12(9-10)18-14-6-7-15(20-19-14)21-25(22,23)16-8-5-13(17)24-16/h3-9H,1-2H3,(H,18,19)(H,20,21). The zero-order valence-corrected chi connectivity index (χ0v) is 15.8. The number of aryl methyl sites for hydroxylation is 2. The average molecular weight is 395 g/mol. The van der Waals surface area contributed by atoms with E-state index in [0.29, 0.717) is 10.2 Å². The van der Waals surface area contributed by atoms with Crippen LogP contribution in [0.15, 0.2) is 46.7 Å². The molecule has 25 heavy (non-hydrogen) atoms. The number of nitrogens with one attached hydrogen (secondary N) is 2. The molecular weight excluding hydrogens is 380 g/mol. The number of hydrogen-bond acceptors (Lipinski definition) is 6. The molecule has 2 aromatic heterocycles. The van der Waals surface area contributed by atoms with Crippen LogP contribution in [-0.2, 0) is 10.0 Å². The summed E-state index contributed by atoms with van der Waals surface area (Å²) >= 11 is 6.76. The first-order valence-corrected chi connectivity index (χ1v) is 9.97. The second-order valence-corrected chi connectivity index (χ2v) is 9.04. The minimum atomic E-state index is -3.72. The van der Waals surface area contributed by atoms with Crippen molar-refractivity contribution in [2.45, 2.75) is 18.1 Å². The van der Waals surface area contributed by atoms with E-state index in [9.17, 15) is 8.42 Å². The molecule has 0 aliphatic carbocycles. The fourth-order valence-electron chi connectivity index (χ4n) is 2.09. The van der Waals surface area contributed by atoms with Crippen molar-refractivity contribution >= 4 is 50.3 Å². The number of thiophene rings is 1. The Balaban J connectivity index is 1.75. The summed E-state index contributed by atoms with van der Waals surface area (Å²) < 4.78 is 27.4. The van der Waals surface area contributed by atoms with Gasteiger partial charge in [-0.3, -0.25) is 4.72 Å². The molecule has 0 aliphatic rings. The van der Waals surface area contributed by atoms with Gasteiger partial charge in [-0.05, 0) is 55.3 Å². The van der Waals surface area contributed by atoms with E-state index in [1.807, 2.05) is 32.0 Å². The minimum absolute atomic E-state index is 0.122.